The molecule has 0 radical (unpaired) electrons. The molecule has 0 aliphatic carbocycles. The Bertz CT molecular complexity index is 1090. The molecule has 0 atom stereocenters. The minimum Gasteiger partial charge on any atom is -0.348 e. The van der Waals surface area contributed by atoms with Gasteiger partial charge in [0.25, 0.3) is 15.9 Å². The van der Waals surface area contributed by atoms with Crippen LogP contribution in [0.2, 0.25) is 0 Å². The first-order valence-electron chi connectivity index (χ1n) is 9.04. The highest BCUT2D eigenvalue weighted by Gasteiger charge is 2.17. The molecule has 1 aromatic heterocycles. The lowest BCUT2D eigenvalue weighted by molar-refractivity contribution is 0.0951. The smallest absolute Gasteiger partial charge is 0.263 e. The van der Waals surface area contributed by atoms with Gasteiger partial charge in [0.05, 0.1) is 4.90 Å². The number of carbonyl (C=O) groups excluding carboxylic acids is 1. The molecule has 3 aromatic rings. The Morgan fingerprint density at radius 1 is 1.03 bits per heavy atom. The number of carbonyl (C=O) groups is 1. The van der Waals surface area contributed by atoms with Crippen molar-refractivity contribution in [1.29, 1.82) is 0 Å². The summed E-state index contributed by atoms with van der Waals surface area (Å²) in [7, 11) is -3.75. The van der Waals surface area contributed by atoms with E-state index in [1.807, 2.05) is 32.9 Å². The van der Waals surface area contributed by atoms with Crippen LogP contribution in [0, 0.1) is 6.92 Å². The molecule has 0 aliphatic rings. The first-order chi connectivity index (χ1) is 13.7. The molecule has 0 spiro atoms. The average molecular weight is 431 g/mol. The van der Waals surface area contributed by atoms with Gasteiger partial charge in [0, 0.05) is 18.0 Å². The van der Waals surface area contributed by atoms with Gasteiger partial charge in [-0.1, -0.05) is 55.0 Å². The van der Waals surface area contributed by atoms with Crippen molar-refractivity contribution in [2.45, 2.75) is 38.1 Å². The van der Waals surface area contributed by atoms with Crippen LogP contribution in [0.4, 0.5) is 5.13 Å². The second-order valence-corrected chi connectivity index (χ2v) is 9.59. The summed E-state index contributed by atoms with van der Waals surface area (Å²) in [6.07, 6.45) is 0. The Morgan fingerprint density at radius 2 is 1.69 bits per heavy atom. The van der Waals surface area contributed by atoms with Crippen LogP contribution in [0.1, 0.15) is 46.3 Å². The van der Waals surface area contributed by atoms with E-state index in [1.165, 1.54) is 23.5 Å². The zero-order valence-electron chi connectivity index (χ0n) is 16.3. The Labute approximate surface area is 174 Å². The van der Waals surface area contributed by atoms with E-state index in [0.29, 0.717) is 12.1 Å². The van der Waals surface area contributed by atoms with Crippen LogP contribution in [0.15, 0.2) is 53.4 Å². The number of aryl methyl sites for hydroxylation is 1. The molecule has 152 valence electrons. The molecule has 29 heavy (non-hydrogen) atoms. The topological polar surface area (TPSA) is 101 Å². The van der Waals surface area contributed by atoms with Crippen molar-refractivity contribution in [2.24, 2.45) is 0 Å². The molecule has 0 bridgehead atoms. The van der Waals surface area contributed by atoms with Crippen molar-refractivity contribution in [3.63, 3.8) is 0 Å². The van der Waals surface area contributed by atoms with Gasteiger partial charge < -0.3 is 5.32 Å². The minimum absolute atomic E-state index is 0.118. The molecule has 0 saturated heterocycles. The van der Waals surface area contributed by atoms with Crippen molar-refractivity contribution >= 4 is 32.4 Å². The maximum atomic E-state index is 12.5. The van der Waals surface area contributed by atoms with Crippen LogP contribution in [0.3, 0.4) is 0 Å². The number of sulfonamides is 1. The Balaban J connectivity index is 1.62. The van der Waals surface area contributed by atoms with Gasteiger partial charge in [-0.2, -0.15) is 0 Å². The Kier molecular flexibility index (Phi) is 6.29. The highest BCUT2D eigenvalue weighted by molar-refractivity contribution is 7.93. The van der Waals surface area contributed by atoms with Gasteiger partial charge in [-0.15, -0.1) is 10.2 Å². The van der Waals surface area contributed by atoms with Gasteiger partial charge in [0.15, 0.2) is 0 Å². The van der Waals surface area contributed by atoms with E-state index >= 15 is 0 Å². The zero-order valence-corrected chi connectivity index (χ0v) is 18.0. The first-order valence-corrected chi connectivity index (χ1v) is 11.3. The van der Waals surface area contributed by atoms with Gasteiger partial charge in [0.1, 0.15) is 5.01 Å². The van der Waals surface area contributed by atoms with Gasteiger partial charge in [-0.3, -0.25) is 9.52 Å². The van der Waals surface area contributed by atoms with Gasteiger partial charge in [0.2, 0.25) is 5.13 Å². The molecule has 2 N–H and O–H groups in total. The molecule has 0 saturated carbocycles. The summed E-state index contributed by atoms with van der Waals surface area (Å²) >= 11 is 1.22. The third-order valence-electron chi connectivity index (χ3n) is 4.16. The van der Waals surface area contributed by atoms with E-state index < -0.39 is 10.0 Å². The highest BCUT2D eigenvalue weighted by atomic mass is 32.2. The summed E-state index contributed by atoms with van der Waals surface area (Å²) in [6, 6.07) is 13.6. The fraction of sp³-hybridized carbons (Fsp3) is 0.250. The zero-order chi connectivity index (χ0) is 21.0. The summed E-state index contributed by atoms with van der Waals surface area (Å²) in [4.78, 5) is 12.3. The number of anilines is 1. The van der Waals surface area contributed by atoms with Gasteiger partial charge in [-0.05, 0) is 36.8 Å². The number of aromatic nitrogens is 2. The van der Waals surface area contributed by atoms with Crippen LogP contribution in [-0.4, -0.2) is 24.5 Å². The maximum absolute atomic E-state index is 12.5. The molecule has 0 aliphatic heterocycles. The number of benzene rings is 2. The predicted octanol–water partition coefficient (Wildman–Crippen LogP) is 3.70. The fourth-order valence-corrected chi connectivity index (χ4v) is 4.43. The van der Waals surface area contributed by atoms with E-state index in [-0.39, 0.29) is 21.9 Å². The lowest BCUT2D eigenvalue weighted by Crippen LogP contribution is -2.22. The molecular weight excluding hydrogens is 408 g/mol. The van der Waals surface area contributed by atoms with Crippen LogP contribution < -0.4 is 10.0 Å². The molecule has 3 rings (SSSR count). The van der Waals surface area contributed by atoms with Crippen LogP contribution in [0.5, 0.6) is 0 Å². The lowest BCUT2D eigenvalue weighted by atomic mass is 10.1. The third kappa shape index (κ3) is 5.39. The minimum atomic E-state index is -3.75. The van der Waals surface area contributed by atoms with Gasteiger partial charge >= 0.3 is 0 Å². The summed E-state index contributed by atoms with van der Waals surface area (Å²) in [5.74, 6) is 0.000693. The number of rotatable bonds is 7. The predicted molar refractivity (Wildman–Crippen MR) is 114 cm³/mol. The van der Waals surface area contributed by atoms with E-state index in [4.69, 9.17) is 0 Å². The van der Waals surface area contributed by atoms with Crippen molar-refractivity contribution in [2.75, 3.05) is 4.72 Å². The van der Waals surface area contributed by atoms with E-state index in [1.54, 1.807) is 24.3 Å². The number of hydrogen-bond acceptors (Lipinski definition) is 6. The summed E-state index contributed by atoms with van der Waals surface area (Å²) < 4.78 is 27.5. The van der Waals surface area contributed by atoms with Crippen LogP contribution in [0.25, 0.3) is 0 Å². The van der Waals surface area contributed by atoms with E-state index in [9.17, 15) is 13.2 Å². The molecule has 9 heteroatoms. The summed E-state index contributed by atoms with van der Waals surface area (Å²) in [5.41, 5.74) is 2.46. The van der Waals surface area contributed by atoms with Crippen molar-refractivity contribution in [3.05, 3.63) is 70.2 Å². The van der Waals surface area contributed by atoms with Crippen LogP contribution in [-0.2, 0) is 16.6 Å². The van der Waals surface area contributed by atoms with Crippen LogP contribution >= 0.6 is 11.3 Å². The lowest BCUT2D eigenvalue weighted by Gasteiger charge is -2.08. The second kappa shape index (κ2) is 8.71. The molecular formula is C20H22N4O3S2. The normalized spacial score (nSPS) is 11.4. The van der Waals surface area contributed by atoms with E-state index in [2.05, 4.69) is 20.2 Å². The first kappa shape index (κ1) is 20.9. The molecule has 7 nitrogen and oxygen atoms in total. The number of nitrogens with zero attached hydrogens (tertiary/aromatic N) is 2. The van der Waals surface area contributed by atoms with Crippen molar-refractivity contribution < 1.29 is 13.2 Å². The number of nitrogens with one attached hydrogen (secondary N) is 2. The molecule has 0 unspecified atom stereocenters. The highest BCUT2D eigenvalue weighted by Crippen LogP contribution is 2.24. The molecule has 0 fully saturated rings. The SMILES string of the molecule is Cc1ccc(C(=O)NCc2ccc(S(=O)(=O)Nc3nnc(C(C)C)s3)cc2)cc1. The van der Waals surface area contributed by atoms with Crippen molar-refractivity contribution in [1.82, 2.24) is 15.5 Å². The summed E-state index contributed by atoms with van der Waals surface area (Å²) in [6.45, 7) is 6.19. The van der Waals surface area contributed by atoms with Gasteiger partial charge in [-0.25, -0.2) is 8.42 Å². The monoisotopic (exact) mass is 430 g/mol. The molecule has 2 aromatic carbocycles. The number of hydrogen-bond donors (Lipinski definition) is 2. The van der Waals surface area contributed by atoms with Crippen molar-refractivity contribution in [3.8, 4) is 0 Å². The second-order valence-electron chi connectivity index (χ2n) is 6.90. The largest absolute Gasteiger partial charge is 0.348 e. The average Bonchev–Trinajstić information content (AvgIpc) is 3.15. The maximum Gasteiger partial charge on any atom is 0.263 e. The quantitative estimate of drug-likeness (QED) is 0.595. The Hall–Kier alpha value is -2.78. The molecule has 1 heterocycles. The number of amides is 1. The summed E-state index contributed by atoms with van der Waals surface area (Å²) in [5, 5.41) is 11.7. The fourth-order valence-electron chi connectivity index (χ4n) is 2.46. The molecule has 1 amide bonds. The third-order valence-corrected chi connectivity index (χ3v) is 6.78. The Morgan fingerprint density at radius 3 is 2.28 bits per heavy atom. The van der Waals surface area contributed by atoms with E-state index in [0.717, 1.165) is 16.1 Å². The standard InChI is InChI=1S/C20H22N4O3S2/c1-13(2)19-22-23-20(28-19)24-29(26,27)17-10-6-15(7-11-17)12-21-18(25)16-8-4-14(3)5-9-16/h4-11,13H,12H2,1-3H3,(H,21,25)(H,23,24).